The third-order valence-electron chi connectivity index (χ3n) is 4.01. The molecule has 0 bridgehead atoms. The van der Waals surface area contributed by atoms with Gasteiger partial charge in [-0.3, -0.25) is 9.36 Å². The van der Waals surface area contributed by atoms with Crippen LogP contribution in [0.1, 0.15) is 47.3 Å². The maximum absolute atomic E-state index is 12.6. The summed E-state index contributed by atoms with van der Waals surface area (Å²) in [5.41, 5.74) is 3.33. The van der Waals surface area contributed by atoms with Crippen molar-refractivity contribution in [3.63, 3.8) is 0 Å². The Bertz CT molecular complexity index is 572. The summed E-state index contributed by atoms with van der Waals surface area (Å²) >= 11 is 0. The third kappa shape index (κ3) is 5.89. The van der Waals surface area contributed by atoms with Crippen LogP contribution in [-0.2, 0) is 13.4 Å². The van der Waals surface area contributed by atoms with Crippen LogP contribution in [0, 0.1) is 20.8 Å². The molecule has 1 unspecified atom stereocenters. The predicted octanol–water partition coefficient (Wildman–Crippen LogP) is 5.11. The molecule has 0 spiro atoms. The van der Waals surface area contributed by atoms with E-state index in [4.69, 9.17) is 8.85 Å². The topological polar surface area (TPSA) is 52.6 Å². The van der Waals surface area contributed by atoms with Crippen LogP contribution in [0.2, 0.25) is 12.6 Å². The number of carbonyl (C=O) groups is 1. The van der Waals surface area contributed by atoms with Crippen LogP contribution in [0.3, 0.4) is 0 Å². The molecule has 1 atom stereocenters. The van der Waals surface area contributed by atoms with Crippen molar-refractivity contribution in [2.75, 3.05) is 19.4 Å². The highest BCUT2D eigenvalue weighted by atomic mass is 31.1. The summed E-state index contributed by atoms with van der Waals surface area (Å²) in [6, 6.07) is 4.70. The van der Waals surface area contributed by atoms with Gasteiger partial charge < -0.3 is 8.85 Å². The maximum Gasteiger partial charge on any atom is 0.334 e. The molecule has 135 valence electrons. The van der Waals surface area contributed by atoms with Gasteiger partial charge in [-0.05, 0) is 64.8 Å². The second-order valence-electron chi connectivity index (χ2n) is 6.28. The lowest BCUT2D eigenvalue weighted by Crippen LogP contribution is -2.38. The molecule has 1 aromatic rings. The molecule has 6 heteroatoms. The van der Waals surface area contributed by atoms with Crippen molar-refractivity contribution >= 4 is 21.9 Å². The molecule has 1 radical (unpaired) electrons. The molecule has 0 amide bonds. The first kappa shape index (κ1) is 21.2. The molecule has 1 aromatic carbocycles. The zero-order valence-electron chi connectivity index (χ0n) is 15.8. The second-order valence-corrected chi connectivity index (χ2v) is 11.2. The number of hydrogen-bond donors (Lipinski definition) is 0. The van der Waals surface area contributed by atoms with Crippen molar-refractivity contribution in [3.8, 4) is 0 Å². The van der Waals surface area contributed by atoms with E-state index in [9.17, 15) is 9.36 Å². The van der Waals surface area contributed by atoms with Crippen LogP contribution < -0.4 is 0 Å². The van der Waals surface area contributed by atoms with E-state index in [2.05, 4.69) is 0 Å². The fraction of sp³-hybridized carbons (Fsp3) is 0.611. The molecule has 0 aromatic heterocycles. The van der Waals surface area contributed by atoms with Crippen LogP contribution in [0.5, 0.6) is 0 Å². The maximum atomic E-state index is 12.6. The first-order valence-electron chi connectivity index (χ1n) is 8.58. The fourth-order valence-corrected chi connectivity index (χ4v) is 7.04. The number of rotatable bonds is 10. The summed E-state index contributed by atoms with van der Waals surface area (Å²) in [7, 11) is -4.11. The van der Waals surface area contributed by atoms with Crippen molar-refractivity contribution in [1.29, 1.82) is 0 Å². The zero-order chi connectivity index (χ0) is 18.3. The first-order chi connectivity index (χ1) is 11.2. The predicted molar refractivity (Wildman–Crippen MR) is 102 cm³/mol. The van der Waals surface area contributed by atoms with E-state index in [0.29, 0.717) is 31.4 Å². The molecule has 24 heavy (non-hydrogen) atoms. The minimum Gasteiger partial charge on any atom is -0.395 e. The monoisotopic (exact) mass is 369 g/mol. The molecular formula is C18H30O4PSi. The molecule has 4 nitrogen and oxygen atoms in total. The Morgan fingerprint density at radius 3 is 2.04 bits per heavy atom. The van der Waals surface area contributed by atoms with Crippen LogP contribution in [0.25, 0.3) is 0 Å². The van der Waals surface area contributed by atoms with Crippen molar-refractivity contribution in [2.24, 2.45) is 0 Å². The number of aryl methyl sites for hydroxylation is 3. The van der Waals surface area contributed by atoms with Crippen molar-refractivity contribution in [2.45, 2.75) is 53.6 Å². The Balaban J connectivity index is 2.70. The van der Waals surface area contributed by atoms with Gasteiger partial charge in [0.15, 0.2) is 0 Å². The van der Waals surface area contributed by atoms with Gasteiger partial charge in [-0.25, -0.2) is 0 Å². The molecule has 0 aliphatic rings. The van der Waals surface area contributed by atoms with E-state index >= 15 is 0 Å². The van der Waals surface area contributed by atoms with E-state index in [1.165, 1.54) is 0 Å². The molecule has 1 rings (SSSR count). The van der Waals surface area contributed by atoms with Gasteiger partial charge in [0.05, 0.1) is 0 Å². The Kier molecular flexibility index (Phi) is 8.44. The Morgan fingerprint density at radius 1 is 1.08 bits per heavy atom. The highest BCUT2D eigenvalue weighted by Crippen LogP contribution is 2.32. The van der Waals surface area contributed by atoms with E-state index in [1.54, 1.807) is 0 Å². The van der Waals surface area contributed by atoms with Crippen molar-refractivity contribution in [3.05, 3.63) is 34.4 Å². The SMILES string of the molecule is CCO[Si](C)(CCC[P](=O)C(=O)c1c(C)cc(C)cc1C)OCC. The summed E-state index contributed by atoms with van der Waals surface area (Å²) in [4.78, 5) is 12.6. The lowest BCUT2D eigenvalue weighted by Gasteiger charge is -2.25. The molecule has 0 N–H and O–H groups in total. The van der Waals surface area contributed by atoms with Gasteiger partial charge in [-0.15, -0.1) is 0 Å². The third-order valence-corrected chi connectivity index (χ3v) is 8.47. The van der Waals surface area contributed by atoms with E-state index in [-0.39, 0.29) is 5.52 Å². The summed E-state index contributed by atoms with van der Waals surface area (Å²) in [5, 5.41) is 0. The number of benzene rings is 1. The summed E-state index contributed by atoms with van der Waals surface area (Å²) < 4.78 is 24.0. The van der Waals surface area contributed by atoms with Crippen molar-refractivity contribution in [1.82, 2.24) is 0 Å². The zero-order valence-corrected chi connectivity index (χ0v) is 17.7. The Hall–Kier alpha value is -0.873. The summed E-state index contributed by atoms with van der Waals surface area (Å²) in [6.45, 7) is 13.0. The average Bonchev–Trinajstić information content (AvgIpc) is 2.46. The fourth-order valence-electron chi connectivity index (χ4n) is 3.08. The van der Waals surface area contributed by atoms with Crippen LogP contribution in [0.15, 0.2) is 12.1 Å². The van der Waals surface area contributed by atoms with Gasteiger partial charge in [-0.2, -0.15) is 0 Å². The first-order valence-corrected chi connectivity index (χ1v) is 12.6. The lowest BCUT2D eigenvalue weighted by molar-refractivity contribution is 0.107. The summed E-state index contributed by atoms with van der Waals surface area (Å²) in [6.07, 6.45) is 1.08. The van der Waals surface area contributed by atoms with Gasteiger partial charge in [0.1, 0.15) is 7.80 Å². The quantitative estimate of drug-likeness (QED) is 0.424. The second kappa shape index (κ2) is 9.57. The highest BCUT2D eigenvalue weighted by Gasteiger charge is 2.31. The highest BCUT2D eigenvalue weighted by molar-refractivity contribution is 7.64. The minimum absolute atomic E-state index is 0.226. The van der Waals surface area contributed by atoms with Gasteiger partial charge >= 0.3 is 8.56 Å². The lowest BCUT2D eigenvalue weighted by atomic mass is 10.0. The van der Waals surface area contributed by atoms with E-state index < -0.39 is 16.4 Å². The minimum atomic E-state index is -2.20. The molecule has 0 fully saturated rings. The summed E-state index contributed by atoms with van der Waals surface area (Å²) in [5.74, 6) is 0. The average molecular weight is 369 g/mol. The standard InChI is InChI=1S/C18H30O4PSi/c1-7-21-24(6,22-8-2)11-9-10-23(20)18(19)17-15(4)12-14(3)13-16(17)5/h12-13H,7-11H2,1-6H3. The molecular weight excluding hydrogens is 339 g/mol. The molecule has 0 saturated heterocycles. The van der Waals surface area contributed by atoms with Gasteiger partial charge in [0, 0.05) is 24.9 Å². The van der Waals surface area contributed by atoms with Crippen molar-refractivity contribution < 1.29 is 18.2 Å². The van der Waals surface area contributed by atoms with Gasteiger partial charge in [0.25, 0.3) is 0 Å². The van der Waals surface area contributed by atoms with Crippen LogP contribution in [0.4, 0.5) is 0 Å². The smallest absolute Gasteiger partial charge is 0.334 e. The Morgan fingerprint density at radius 2 is 1.58 bits per heavy atom. The normalized spacial score (nSPS) is 12.3. The molecule has 0 saturated carbocycles. The van der Waals surface area contributed by atoms with Gasteiger partial charge in [0.2, 0.25) is 5.52 Å². The number of carbonyl (C=O) groups excluding carboxylic acids is 1. The van der Waals surface area contributed by atoms with Gasteiger partial charge in [-0.1, -0.05) is 17.7 Å². The largest absolute Gasteiger partial charge is 0.395 e. The molecule has 0 heterocycles. The van der Waals surface area contributed by atoms with E-state index in [0.717, 1.165) is 22.7 Å². The van der Waals surface area contributed by atoms with E-state index in [1.807, 2.05) is 53.3 Å². The molecule has 0 aliphatic heterocycles. The molecule has 0 aliphatic carbocycles. The number of hydrogen-bond acceptors (Lipinski definition) is 4. The Labute approximate surface area is 148 Å². The van der Waals surface area contributed by atoms with Crippen LogP contribution in [-0.4, -0.2) is 33.5 Å². The van der Waals surface area contributed by atoms with Crippen LogP contribution >= 0.6 is 7.80 Å².